The Hall–Kier alpha value is -0.830. The number of hydrogen-bond donors (Lipinski definition) is 1. The molecule has 70 valence electrons. The average molecular weight is 194 g/mol. The molecule has 0 saturated carbocycles. The van der Waals surface area contributed by atoms with Gasteiger partial charge >= 0.3 is 0 Å². The molecule has 0 bridgehead atoms. The van der Waals surface area contributed by atoms with Gasteiger partial charge in [-0.15, -0.1) is 0 Å². The Morgan fingerprint density at radius 3 is 2.69 bits per heavy atom. The second kappa shape index (κ2) is 3.92. The van der Waals surface area contributed by atoms with E-state index in [0.717, 1.165) is 17.6 Å². The molecule has 0 spiro atoms. The van der Waals surface area contributed by atoms with E-state index in [1.165, 1.54) is 25.1 Å². The molecule has 1 fully saturated rings. The van der Waals surface area contributed by atoms with Crippen LogP contribution in [0.3, 0.4) is 0 Å². The first-order valence-corrected chi connectivity index (χ1v) is 5.21. The summed E-state index contributed by atoms with van der Waals surface area (Å²) in [5.74, 6) is 1.17. The predicted octanol–water partition coefficient (Wildman–Crippen LogP) is 2.73. The summed E-state index contributed by atoms with van der Waals surface area (Å²) < 4.78 is 0.916. The van der Waals surface area contributed by atoms with Crippen LogP contribution in [0.25, 0.3) is 0 Å². The van der Waals surface area contributed by atoms with Crippen molar-refractivity contribution in [2.75, 3.05) is 18.0 Å². The van der Waals surface area contributed by atoms with Gasteiger partial charge in [-0.2, -0.15) is 0 Å². The van der Waals surface area contributed by atoms with Crippen molar-refractivity contribution in [3.63, 3.8) is 0 Å². The Morgan fingerprint density at radius 1 is 1.23 bits per heavy atom. The summed E-state index contributed by atoms with van der Waals surface area (Å²) in [6, 6.07) is 3.96. The summed E-state index contributed by atoms with van der Waals surface area (Å²) in [5.41, 5.74) is 0. The molecule has 0 radical (unpaired) electrons. The van der Waals surface area contributed by atoms with Gasteiger partial charge in [-0.05, 0) is 31.4 Å². The number of aromatic amines is 1. The third kappa shape index (κ3) is 2.10. The number of rotatable bonds is 1. The molecule has 1 saturated heterocycles. The van der Waals surface area contributed by atoms with E-state index in [-0.39, 0.29) is 0 Å². The summed E-state index contributed by atoms with van der Waals surface area (Å²) in [7, 11) is 0. The van der Waals surface area contributed by atoms with Crippen molar-refractivity contribution in [3.05, 3.63) is 22.8 Å². The molecule has 0 amide bonds. The van der Waals surface area contributed by atoms with Gasteiger partial charge < -0.3 is 9.88 Å². The van der Waals surface area contributed by atoms with Gasteiger partial charge in [-0.3, -0.25) is 0 Å². The molecule has 3 heteroatoms. The van der Waals surface area contributed by atoms with Crippen LogP contribution in [0.1, 0.15) is 19.3 Å². The molecule has 0 unspecified atom stereocenters. The molecule has 2 heterocycles. The number of H-pyrrole nitrogens is 1. The number of pyridine rings is 1. The molecule has 2 nitrogen and oxygen atoms in total. The molecule has 1 aromatic heterocycles. The van der Waals surface area contributed by atoms with Gasteiger partial charge in [0, 0.05) is 23.8 Å². The highest BCUT2D eigenvalue weighted by molar-refractivity contribution is 7.71. The zero-order chi connectivity index (χ0) is 9.10. The van der Waals surface area contributed by atoms with Crippen LogP contribution >= 0.6 is 12.2 Å². The Bertz CT molecular complexity index is 326. The van der Waals surface area contributed by atoms with Gasteiger partial charge in [-0.1, -0.05) is 12.2 Å². The molecule has 0 aliphatic carbocycles. The van der Waals surface area contributed by atoms with Crippen LogP contribution < -0.4 is 4.90 Å². The lowest BCUT2D eigenvalue weighted by Crippen LogP contribution is -2.29. The van der Waals surface area contributed by atoms with Crippen molar-refractivity contribution in [2.24, 2.45) is 0 Å². The van der Waals surface area contributed by atoms with Crippen LogP contribution in [0.15, 0.2) is 18.3 Å². The van der Waals surface area contributed by atoms with Crippen LogP contribution in [-0.4, -0.2) is 18.1 Å². The highest BCUT2D eigenvalue weighted by Crippen LogP contribution is 2.16. The zero-order valence-corrected chi connectivity index (χ0v) is 8.44. The maximum absolute atomic E-state index is 5.12. The number of hydrogen-bond acceptors (Lipinski definition) is 2. The molecule has 0 atom stereocenters. The first-order valence-electron chi connectivity index (χ1n) is 4.80. The Kier molecular flexibility index (Phi) is 2.64. The van der Waals surface area contributed by atoms with E-state index in [9.17, 15) is 0 Å². The molecule has 1 aromatic rings. The lowest BCUT2D eigenvalue weighted by molar-refractivity contribution is 0.573. The van der Waals surface area contributed by atoms with Gasteiger partial charge in [-0.25, -0.2) is 0 Å². The largest absolute Gasteiger partial charge is 0.358 e. The van der Waals surface area contributed by atoms with Crippen molar-refractivity contribution in [3.8, 4) is 0 Å². The molecular formula is C10H14N2S. The monoisotopic (exact) mass is 194 g/mol. The Morgan fingerprint density at radius 2 is 2.00 bits per heavy atom. The number of nitrogens with zero attached hydrogens (tertiary/aromatic N) is 1. The van der Waals surface area contributed by atoms with E-state index in [1.807, 2.05) is 18.3 Å². The summed E-state index contributed by atoms with van der Waals surface area (Å²) in [6.45, 7) is 2.32. The van der Waals surface area contributed by atoms with Crippen molar-refractivity contribution >= 4 is 18.0 Å². The average Bonchev–Trinajstić information content (AvgIpc) is 2.19. The van der Waals surface area contributed by atoms with E-state index in [2.05, 4.69) is 9.88 Å². The van der Waals surface area contributed by atoms with Gasteiger partial charge in [0.05, 0.1) is 0 Å². The molecule has 1 N–H and O–H groups in total. The van der Waals surface area contributed by atoms with E-state index < -0.39 is 0 Å². The molecular weight excluding hydrogens is 180 g/mol. The first kappa shape index (κ1) is 8.75. The SMILES string of the molecule is S=c1cc[nH]c(N2CCCCC2)c1. The normalized spacial score (nSPS) is 17.4. The Labute approximate surface area is 83.6 Å². The highest BCUT2D eigenvalue weighted by atomic mass is 32.1. The van der Waals surface area contributed by atoms with Gasteiger partial charge in [0.15, 0.2) is 0 Å². The van der Waals surface area contributed by atoms with E-state index in [4.69, 9.17) is 12.2 Å². The molecule has 1 aliphatic heterocycles. The minimum absolute atomic E-state index is 0.916. The minimum atomic E-state index is 0.916. The molecule has 2 rings (SSSR count). The van der Waals surface area contributed by atoms with Crippen LogP contribution in [0.4, 0.5) is 5.82 Å². The number of aromatic nitrogens is 1. The third-order valence-electron chi connectivity index (χ3n) is 2.45. The van der Waals surface area contributed by atoms with Crippen LogP contribution in [-0.2, 0) is 0 Å². The van der Waals surface area contributed by atoms with Crippen LogP contribution in [0, 0.1) is 4.51 Å². The fourth-order valence-corrected chi connectivity index (χ4v) is 1.93. The quantitative estimate of drug-likeness (QED) is 0.693. The number of anilines is 1. The van der Waals surface area contributed by atoms with Crippen molar-refractivity contribution in [2.45, 2.75) is 19.3 Å². The summed E-state index contributed by atoms with van der Waals surface area (Å²) in [5, 5.41) is 0. The fraction of sp³-hybridized carbons (Fsp3) is 0.500. The van der Waals surface area contributed by atoms with Gasteiger partial charge in [0.1, 0.15) is 5.82 Å². The number of nitrogens with one attached hydrogen (secondary N) is 1. The van der Waals surface area contributed by atoms with E-state index in [1.54, 1.807) is 0 Å². The van der Waals surface area contributed by atoms with Crippen molar-refractivity contribution in [1.29, 1.82) is 0 Å². The van der Waals surface area contributed by atoms with Crippen molar-refractivity contribution in [1.82, 2.24) is 4.98 Å². The lowest BCUT2D eigenvalue weighted by Gasteiger charge is -2.28. The highest BCUT2D eigenvalue weighted by Gasteiger charge is 2.10. The molecule has 13 heavy (non-hydrogen) atoms. The van der Waals surface area contributed by atoms with Gasteiger partial charge in [0.2, 0.25) is 0 Å². The Balaban J connectivity index is 2.19. The smallest absolute Gasteiger partial charge is 0.107 e. The standard InChI is InChI=1S/C10H14N2S/c13-9-4-5-11-10(8-9)12-6-2-1-3-7-12/h4-5,8H,1-3,6-7H2,(H,11,13). The van der Waals surface area contributed by atoms with Crippen molar-refractivity contribution < 1.29 is 0 Å². The van der Waals surface area contributed by atoms with E-state index in [0.29, 0.717) is 0 Å². The molecule has 0 aromatic carbocycles. The predicted molar refractivity (Wildman–Crippen MR) is 57.7 cm³/mol. The second-order valence-electron chi connectivity index (χ2n) is 3.46. The first-order chi connectivity index (χ1) is 6.36. The third-order valence-corrected chi connectivity index (χ3v) is 2.71. The van der Waals surface area contributed by atoms with Crippen LogP contribution in [0.5, 0.6) is 0 Å². The van der Waals surface area contributed by atoms with Gasteiger partial charge in [0.25, 0.3) is 0 Å². The minimum Gasteiger partial charge on any atom is -0.358 e. The summed E-state index contributed by atoms with van der Waals surface area (Å²) in [6.07, 6.45) is 5.89. The summed E-state index contributed by atoms with van der Waals surface area (Å²) >= 11 is 5.12. The maximum Gasteiger partial charge on any atom is 0.107 e. The van der Waals surface area contributed by atoms with E-state index >= 15 is 0 Å². The number of piperidine rings is 1. The maximum atomic E-state index is 5.12. The topological polar surface area (TPSA) is 19.0 Å². The molecule has 1 aliphatic rings. The van der Waals surface area contributed by atoms with Crippen LogP contribution in [0.2, 0.25) is 0 Å². The lowest BCUT2D eigenvalue weighted by atomic mass is 10.1. The second-order valence-corrected chi connectivity index (χ2v) is 3.93. The summed E-state index contributed by atoms with van der Waals surface area (Å²) in [4.78, 5) is 5.61. The fourth-order valence-electron chi connectivity index (χ4n) is 1.75. The zero-order valence-electron chi connectivity index (χ0n) is 7.62.